The van der Waals surface area contributed by atoms with Crippen LogP contribution in [0.1, 0.15) is 26.5 Å². The number of carbonyl (C=O) groups excluding carboxylic acids is 2. The summed E-state index contributed by atoms with van der Waals surface area (Å²) in [6, 6.07) is 11.6. The van der Waals surface area contributed by atoms with Crippen LogP contribution in [0, 0.1) is 0 Å². The van der Waals surface area contributed by atoms with Crippen LogP contribution >= 0.6 is 0 Å². The Morgan fingerprint density at radius 3 is 2.68 bits per heavy atom. The molecule has 1 aromatic heterocycles. The van der Waals surface area contributed by atoms with E-state index < -0.39 is 6.09 Å². The van der Waals surface area contributed by atoms with Gasteiger partial charge in [0.15, 0.2) is 0 Å². The Balaban J connectivity index is 1.75. The van der Waals surface area contributed by atoms with Crippen molar-refractivity contribution in [1.82, 2.24) is 15.6 Å². The highest BCUT2D eigenvalue weighted by Crippen LogP contribution is 2.12. The van der Waals surface area contributed by atoms with Gasteiger partial charge in [-0.3, -0.25) is 4.79 Å². The van der Waals surface area contributed by atoms with Crippen LogP contribution in [0.3, 0.4) is 0 Å². The lowest BCUT2D eigenvalue weighted by Crippen LogP contribution is -2.41. The topological polar surface area (TPSA) is 80.3 Å². The Hall–Kier alpha value is -2.89. The van der Waals surface area contributed by atoms with Crippen LogP contribution in [0.25, 0.3) is 17.0 Å². The van der Waals surface area contributed by atoms with Gasteiger partial charge in [-0.1, -0.05) is 24.3 Å². The molecule has 0 radical (unpaired) electrons. The number of nitrogens with zero attached hydrogens (tertiary/aromatic N) is 1. The van der Waals surface area contributed by atoms with Crippen LogP contribution < -0.4 is 10.6 Å². The molecule has 0 spiro atoms. The number of benzene rings is 1. The van der Waals surface area contributed by atoms with E-state index in [0.717, 1.165) is 10.9 Å². The Labute approximate surface area is 147 Å². The summed E-state index contributed by atoms with van der Waals surface area (Å²) in [5.41, 5.74) is 1.23. The largest absolute Gasteiger partial charge is 0.448 e. The van der Waals surface area contributed by atoms with E-state index in [1.165, 1.54) is 6.08 Å². The normalized spacial score (nSPS) is 11.5. The summed E-state index contributed by atoms with van der Waals surface area (Å²) in [6.45, 7) is 5.94. The predicted octanol–water partition coefficient (Wildman–Crippen LogP) is 2.89. The third-order valence-electron chi connectivity index (χ3n) is 3.14. The van der Waals surface area contributed by atoms with E-state index in [1.54, 1.807) is 6.08 Å². The van der Waals surface area contributed by atoms with Crippen LogP contribution in [0.15, 0.2) is 42.5 Å². The molecule has 0 unspecified atom stereocenters. The number of alkyl carbamates (subject to hydrolysis) is 1. The smallest absolute Gasteiger partial charge is 0.407 e. The first-order chi connectivity index (χ1) is 11.8. The molecule has 1 aromatic carbocycles. The number of amides is 2. The van der Waals surface area contributed by atoms with Gasteiger partial charge in [0, 0.05) is 17.0 Å². The second-order valence-corrected chi connectivity index (χ2v) is 6.56. The fraction of sp³-hybridized carbons (Fsp3) is 0.316. The summed E-state index contributed by atoms with van der Waals surface area (Å²) in [5, 5.41) is 6.37. The minimum atomic E-state index is -0.502. The SMILES string of the molecule is CC(C)(C)NC(=O)OCCNC(=O)/C=C/c1ccc2ccccc2n1. The summed E-state index contributed by atoms with van der Waals surface area (Å²) < 4.78 is 4.98. The van der Waals surface area contributed by atoms with Gasteiger partial charge in [-0.15, -0.1) is 0 Å². The van der Waals surface area contributed by atoms with Crippen LogP contribution in [0.5, 0.6) is 0 Å². The molecule has 2 N–H and O–H groups in total. The van der Waals surface area contributed by atoms with E-state index in [2.05, 4.69) is 15.6 Å². The van der Waals surface area contributed by atoms with Crippen LogP contribution in [0.4, 0.5) is 4.79 Å². The average Bonchev–Trinajstić information content (AvgIpc) is 2.55. The fourth-order valence-corrected chi connectivity index (χ4v) is 2.05. The number of aromatic nitrogens is 1. The summed E-state index contributed by atoms with van der Waals surface area (Å²) in [7, 11) is 0. The van der Waals surface area contributed by atoms with Gasteiger partial charge >= 0.3 is 6.09 Å². The first kappa shape index (κ1) is 18.4. The summed E-state index contributed by atoms with van der Waals surface area (Å²) in [5.74, 6) is -0.269. The van der Waals surface area contributed by atoms with Gasteiger partial charge in [0.2, 0.25) is 5.91 Å². The molecule has 6 nitrogen and oxygen atoms in total. The monoisotopic (exact) mass is 341 g/mol. The number of ether oxygens (including phenoxy) is 1. The van der Waals surface area contributed by atoms with E-state index >= 15 is 0 Å². The number of rotatable bonds is 5. The maximum absolute atomic E-state index is 11.8. The molecular formula is C19H23N3O3. The van der Waals surface area contributed by atoms with Crippen molar-refractivity contribution in [2.75, 3.05) is 13.2 Å². The Kier molecular flexibility index (Phi) is 6.11. The number of fused-ring (bicyclic) bond motifs is 1. The molecule has 1 heterocycles. The number of hydrogen-bond donors (Lipinski definition) is 2. The predicted molar refractivity (Wildman–Crippen MR) is 98.0 cm³/mol. The summed E-state index contributed by atoms with van der Waals surface area (Å²) in [4.78, 5) is 27.7. The minimum absolute atomic E-state index is 0.107. The van der Waals surface area contributed by atoms with Gasteiger partial charge in [-0.2, -0.15) is 0 Å². The highest BCUT2D eigenvalue weighted by atomic mass is 16.5. The van der Waals surface area contributed by atoms with Gasteiger partial charge in [0.1, 0.15) is 6.61 Å². The summed E-state index contributed by atoms with van der Waals surface area (Å²) >= 11 is 0. The zero-order valence-corrected chi connectivity index (χ0v) is 14.7. The molecule has 6 heteroatoms. The van der Waals surface area contributed by atoms with Crippen molar-refractivity contribution in [2.24, 2.45) is 0 Å². The van der Waals surface area contributed by atoms with Crippen LogP contribution in [-0.2, 0) is 9.53 Å². The zero-order valence-electron chi connectivity index (χ0n) is 14.7. The Morgan fingerprint density at radius 2 is 1.92 bits per heavy atom. The van der Waals surface area contributed by atoms with E-state index in [9.17, 15) is 9.59 Å². The van der Waals surface area contributed by atoms with Crippen LogP contribution in [-0.4, -0.2) is 35.7 Å². The highest BCUT2D eigenvalue weighted by Gasteiger charge is 2.14. The van der Waals surface area contributed by atoms with Crippen molar-refractivity contribution in [3.05, 3.63) is 48.2 Å². The van der Waals surface area contributed by atoms with Gasteiger partial charge in [0.25, 0.3) is 0 Å². The molecule has 0 aliphatic heterocycles. The molecule has 0 saturated heterocycles. The van der Waals surface area contributed by atoms with Crippen molar-refractivity contribution in [1.29, 1.82) is 0 Å². The van der Waals surface area contributed by atoms with E-state index in [1.807, 2.05) is 57.2 Å². The number of hydrogen-bond acceptors (Lipinski definition) is 4. The van der Waals surface area contributed by atoms with Crippen molar-refractivity contribution in [3.8, 4) is 0 Å². The molecule has 132 valence electrons. The molecule has 0 fully saturated rings. The number of carbonyl (C=O) groups is 2. The minimum Gasteiger partial charge on any atom is -0.448 e. The number of para-hydroxylation sites is 1. The molecule has 0 aliphatic rings. The molecule has 2 rings (SSSR count). The van der Waals surface area contributed by atoms with Crippen molar-refractivity contribution in [3.63, 3.8) is 0 Å². The van der Waals surface area contributed by atoms with Gasteiger partial charge in [-0.25, -0.2) is 9.78 Å². The Bertz CT molecular complexity index is 779. The maximum Gasteiger partial charge on any atom is 0.407 e. The second-order valence-electron chi connectivity index (χ2n) is 6.56. The number of nitrogens with one attached hydrogen (secondary N) is 2. The zero-order chi connectivity index (χ0) is 18.3. The molecule has 2 aromatic rings. The van der Waals surface area contributed by atoms with Crippen molar-refractivity contribution < 1.29 is 14.3 Å². The lowest BCUT2D eigenvalue weighted by atomic mass is 10.1. The lowest BCUT2D eigenvalue weighted by molar-refractivity contribution is -0.116. The molecule has 2 amide bonds. The second kappa shape index (κ2) is 8.28. The molecule has 0 saturated carbocycles. The molecule has 0 atom stereocenters. The first-order valence-electron chi connectivity index (χ1n) is 8.10. The third-order valence-corrected chi connectivity index (χ3v) is 3.14. The maximum atomic E-state index is 11.8. The van der Waals surface area contributed by atoms with E-state index in [-0.39, 0.29) is 24.6 Å². The first-order valence-corrected chi connectivity index (χ1v) is 8.10. The Morgan fingerprint density at radius 1 is 1.16 bits per heavy atom. The fourth-order valence-electron chi connectivity index (χ4n) is 2.05. The van der Waals surface area contributed by atoms with Crippen molar-refractivity contribution >= 4 is 29.0 Å². The third kappa shape index (κ3) is 6.63. The van der Waals surface area contributed by atoms with Crippen LogP contribution in [0.2, 0.25) is 0 Å². The van der Waals surface area contributed by atoms with E-state index in [4.69, 9.17) is 4.74 Å². The van der Waals surface area contributed by atoms with Gasteiger partial charge < -0.3 is 15.4 Å². The average molecular weight is 341 g/mol. The van der Waals surface area contributed by atoms with Gasteiger partial charge in [-0.05, 0) is 39.0 Å². The standard InChI is InChI=1S/C19H23N3O3/c1-19(2,3)22-18(24)25-13-12-20-17(23)11-10-15-9-8-14-6-4-5-7-16(14)21-15/h4-11H,12-13H2,1-3H3,(H,20,23)(H,22,24)/b11-10+. The molecular weight excluding hydrogens is 318 g/mol. The van der Waals surface area contributed by atoms with Crippen molar-refractivity contribution in [2.45, 2.75) is 26.3 Å². The molecule has 25 heavy (non-hydrogen) atoms. The lowest BCUT2D eigenvalue weighted by Gasteiger charge is -2.19. The number of pyridine rings is 1. The molecule has 0 bridgehead atoms. The van der Waals surface area contributed by atoms with E-state index in [0.29, 0.717) is 5.69 Å². The quantitative estimate of drug-likeness (QED) is 0.647. The highest BCUT2D eigenvalue weighted by molar-refractivity contribution is 5.91. The van der Waals surface area contributed by atoms with Gasteiger partial charge in [0.05, 0.1) is 17.8 Å². The molecule has 0 aliphatic carbocycles. The summed E-state index contributed by atoms with van der Waals surface area (Å²) in [6.07, 6.45) is 2.55.